The summed E-state index contributed by atoms with van der Waals surface area (Å²) in [6.07, 6.45) is 5.44. The average molecular weight is 260 g/mol. The number of hydrogen-bond acceptors (Lipinski definition) is 3. The number of nitrogens with zero attached hydrogens (tertiary/aromatic N) is 3. The zero-order valence-electron chi connectivity index (χ0n) is 10.7. The number of benzene rings is 2. The van der Waals surface area contributed by atoms with Crippen molar-refractivity contribution < 1.29 is 0 Å². The van der Waals surface area contributed by atoms with Gasteiger partial charge < -0.3 is 5.73 Å². The van der Waals surface area contributed by atoms with Crippen LogP contribution < -0.4 is 5.73 Å². The van der Waals surface area contributed by atoms with Crippen LogP contribution in [-0.2, 0) is 0 Å². The van der Waals surface area contributed by atoms with Crippen LogP contribution in [0.1, 0.15) is 0 Å². The van der Waals surface area contributed by atoms with Crippen LogP contribution in [0.5, 0.6) is 0 Å². The molecule has 0 unspecified atom stereocenters. The Labute approximate surface area is 115 Å². The Hall–Kier alpha value is -2.88. The number of pyridine rings is 1. The third-order valence-electron chi connectivity index (χ3n) is 3.53. The number of hydrogen-bond donors (Lipinski definition) is 1. The molecule has 0 spiro atoms. The van der Waals surface area contributed by atoms with Gasteiger partial charge in [-0.3, -0.25) is 4.98 Å². The van der Waals surface area contributed by atoms with Crippen molar-refractivity contribution in [3.05, 3.63) is 61.1 Å². The maximum absolute atomic E-state index is 6.02. The first kappa shape index (κ1) is 11.0. The van der Waals surface area contributed by atoms with E-state index in [1.54, 1.807) is 12.4 Å². The number of anilines is 1. The van der Waals surface area contributed by atoms with Crippen molar-refractivity contribution in [3.63, 3.8) is 0 Å². The first-order valence-corrected chi connectivity index (χ1v) is 6.40. The maximum atomic E-state index is 6.02. The lowest BCUT2D eigenvalue weighted by Crippen LogP contribution is -1.99. The fourth-order valence-corrected chi connectivity index (χ4v) is 2.54. The lowest BCUT2D eigenvalue weighted by Gasteiger charge is -2.09. The van der Waals surface area contributed by atoms with Crippen molar-refractivity contribution in [1.29, 1.82) is 0 Å². The first-order chi connectivity index (χ1) is 9.84. The molecule has 0 saturated heterocycles. The molecule has 0 atom stereocenters. The highest BCUT2D eigenvalue weighted by molar-refractivity contribution is 5.98. The topological polar surface area (TPSA) is 56.7 Å². The number of aromatic nitrogens is 3. The van der Waals surface area contributed by atoms with Gasteiger partial charge in [0, 0.05) is 34.2 Å². The van der Waals surface area contributed by atoms with Crippen molar-refractivity contribution in [2.24, 2.45) is 0 Å². The lowest BCUT2D eigenvalue weighted by atomic mass is 10.1. The smallest absolute Gasteiger partial charge is 0.0741 e. The van der Waals surface area contributed by atoms with Crippen molar-refractivity contribution >= 4 is 27.4 Å². The summed E-state index contributed by atoms with van der Waals surface area (Å²) < 4.78 is 1.94. The van der Waals surface area contributed by atoms with Gasteiger partial charge >= 0.3 is 0 Å². The molecule has 4 rings (SSSR count). The fourth-order valence-electron chi connectivity index (χ4n) is 2.54. The number of rotatable bonds is 1. The van der Waals surface area contributed by atoms with Gasteiger partial charge in [0.25, 0.3) is 0 Å². The van der Waals surface area contributed by atoms with Gasteiger partial charge in [-0.15, -0.1) is 0 Å². The van der Waals surface area contributed by atoms with E-state index < -0.39 is 0 Å². The molecule has 96 valence electrons. The van der Waals surface area contributed by atoms with Crippen LogP contribution in [0.15, 0.2) is 61.1 Å². The normalized spacial score (nSPS) is 11.2. The Morgan fingerprint density at radius 1 is 0.900 bits per heavy atom. The van der Waals surface area contributed by atoms with Crippen molar-refractivity contribution in [3.8, 4) is 5.69 Å². The molecule has 2 heterocycles. The lowest BCUT2D eigenvalue weighted by molar-refractivity contribution is 0.918. The van der Waals surface area contributed by atoms with Crippen molar-refractivity contribution in [1.82, 2.24) is 14.8 Å². The van der Waals surface area contributed by atoms with E-state index in [1.807, 2.05) is 41.2 Å². The Kier molecular flexibility index (Phi) is 2.23. The van der Waals surface area contributed by atoms with E-state index in [2.05, 4.69) is 22.2 Å². The SMILES string of the molecule is Nc1ccc(-n2ncc3ccccc32)c2ccncc12. The highest BCUT2D eigenvalue weighted by Crippen LogP contribution is 2.28. The van der Waals surface area contributed by atoms with E-state index >= 15 is 0 Å². The second kappa shape index (κ2) is 4.06. The molecule has 2 N–H and O–H groups in total. The highest BCUT2D eigenvalue weighted by atomic mass is 15.3. The number of nitrogens with two attached hydrogens (primary N) is 1. The first-order valence-electron chi connectivity index (χ1n) is 6.40. The zero-order valence-corrected chi connectivity index (χ0v) is 10.7. The van der Waals surface area contributed by atoms with Gasteiger partial charge in [0.05, 0.1) is 17.4 Å². The van der Waals surface area contributed by atoms with Gasteiger partial charge in [-0.1, -0.05) is 18.2 Å². The van der Waals surface area contributed by atoms with Crippen LogP contribution in [0.25, 0.3) is 27.4 Å². The van der Waals surface area contributed by atoms with Crippen LogP contribution in [0.4, 0.5) is 5.69 Å². The van der Waals surface area contributed by atoms with Gasteiger partial charge in [0.15, 0.2) is 0 Å². The molecule has 0 aliphatic heterocycles. The second-order valence-electron chi connectivity index (χ2n) is 4.71. The molecule has 2 aromatic carbocycles. The summed E-state index contributed by atoms with van der Waals surface area (Å²) in [6, 6.07) is 14.0. The minimum Gasteiger partial charge on any atom is -0.398 e. The summed E-state index contributed by atoms with van der Waals surface area (Å²) in [5.41, 5.74) is 8.84. The maximum Gasteiger partial charge on any atom is 0.0741 e. The predicted octanol–water partition coefficient (Wildman–Crippen LogP) is 3.16. The summed E-state index contributed by atoms with van der Waals surface area (Å²) in [5.74, 6) is 0. The van der Waals surface area contributed by atoms with E-state index in [0.29, 0.717) is 0 Å². The summed E-state index contributed by atoms with van der Waals surface area (Å²) in [7, 11) is 0. The molecule has 0 amide bonds. The Bertz CT molecular complexity index is 924. The molecule has 0 fully saturated rings. The quantitative estimate of drug-likeness (QED) is 0.535. The Balaban J connectivity index is 2.10. The Morgan fingerprint density at radius 2 is 1.80 bits per heavy atom. The molecule has 2 aromatic heterocycles. The Morgan fingerprint density at radius 3 is 2.75 bits per heavy atom. The minimum absolute atomic E-state index is 0.730. The molecular weight excluding hydrogens is 248 g/mol. The molecule has 0 aliphatic rings. The summed E-state index contributed by atoms with van der Waals surface area (Å²) in [6.45, 7) is 0. The number of fused-ring (bicyclic) bond motifs is 2. The third-order valence-corrected chi connectivity index (χ3v) is 3.53. The monoisotopic (exact) mass is 260 g/mol. The van der Waals surface area contributed by atoms with E-state index in [1.165, 1.54) is 0 Å². The zero-order chi connectivity index (χ0) is 13.5. The molecule has 0 aliphatic carbocycles. The van der Waals surface area contributed by atoms with Gasteiger partial charge in [-0.2, -0.15) is 5.10 Å². The minimum atomic E-state index is 0.730. The molecule has 0 bridgehead atoms. The fraction of sp³-hybridized carbons (Fsp3) is 0. The van der Waals surface area contributed by atoms with E-state index in [4.69, 9.17) is 5.73 Å². The van der Waals surface area contributed by atoms with E-state index in [0.717, 1.165) is 33.1 Å². The van der Waals surface area contributed by atoms with Crippen LogP contribution in [-0.4, -0.2) is 14.8 Å². The summed E-state index contributed by atoms with van der Waals surface area (Å²) in [4.78, 5) is 4.15. The van der Waals surface area contributed by atoms with Crippen molar-refractivity contribution in [2.45, 2.75) is 0 Å². The second-order valence-corrected chi connectivity index (χ2v) is 4.71. The molecule has 4 aromatic rings. The molecule has 4 nitrogen and oxygen atoms in total. The molecule has 4 heteroatoms. The summed E-state index contributed by atoms with van der Waals surface area (Å²) >= 11 is 0. The van der Waals surface area contributed by atoms with Crippen LogP contribution in [0.3, 0.4) is 0 Å². The number of para-hydroxylation sites is 1. The van der Waals surface area contributed by atoms with E-state index in [9.17, 15) is 0 Å². The largest absolute Gasteiger partial charge is 0.398 e. The van der Waals surface area contributed by atoms with Crippen molar-refractivity contribution in [2.75, 3.05) is 5.73 Å². The molecule has 20 heavy (non-hydrogen) atoms. The molecule has 0 radical (unpaired) electrons. The summed E-state index contributed by atoms with van der Waals surface area (Å²) in [5, 5.41) is 7.62. The van der Waals surface area contributed by atoms with Gasteiger partial charge in [-0.25, -0.2) is 4.68 Å². The van der Waals surface area contributed by atoms with Gasteiger partial charge in [0.2, 0.25) is 0 Å². The van der Waals surface area contributed by atoms with Crippen LogP contribution in [0, 0.1) is 0 Å². The van der Waals surface area contributed by atoms with Gasteiger partial charge in [0.1, 0.15) is 0 Å². The highest BCUT2D eigenvalue weighted by Gasteiger charge is 2.09. The van der Waals surface area contributed by atoms with Crippen LogP contribution >= 0.6 is 0 Å². The molecule has 0 saturated carbocycles. The third kappa shape index (κ3) is 1.48. The number of nitrogen functional groups attached to an aromatic ring is 1. The average Bonchev–Trinajstić information content (AvgIpc) is 2.92. The standard InChI is InChI=1S/C16H12N4/c17-14-5-6-16(12-7-8-18-10-13(12)14)20-15-4-2-1-3-11(15)9-19-20/h1-10H,17H2. The van der Waals surface area contributed by atoms with E-state index in [-0.39, 0.29) is 0 Å². The predicted molar refractivity (Wildman–Crippen MR) is 80.8 cm³/mol. The van der Waals surface area contributed by atoms with Crippen LogP contribution in [0.2, 0.25) is 0 Å². The van der Waals surface area contributed by atoms with Gasteiger partial charge in [-0.05, 0) is 24.3 Å². The molecular formula is C16H12N4.